The zero-order valence-corrected chi connectivity index (χ0v) is 12.7. The van der Waals surface area contributed by atoms with Crippen LogP contribution in [0.2, 0.25) is 0 Å². The van der Waals surface area contributed by atoms with Crippen LogP contribution in [0.3, 0.4) is 0 Å². The van der Waals surface area contributed by atoms with Crippen LogP contribution in [0, 0.1) is 0 Å². The van der Waals surface area contributed by atoms with E-state index < -0.39 is 0 Å². The zero-order valence-electron chi connectivity index (χ0n) is 12.7. The smallest absolute Gasteiger partial charge is 0.251 e. The quantitative estimate of drug-likeness (QED) is 0.848. The van der Waals surface area contributed by atoms with Crippen molar-refractivity contribution >= 4 is 11.6 Å². The van der Waals surface area contributed by atoms with Crippen molar-refractivity contribution in [1.29, 1.82) is 0 Å². The Morgan fingerprint density at radius 1 is 0.909 bits per heavy atom. The fourth-order valence-electron chi connectivity index (χ4n) is 3.20. The van der Waals surface area contributed by atoms with Crippen molar-refractivity contribution in [3.05, 3.63) is 65.7 Å². The number of hydrogen-bond acceptors (Lipinski definition) is 2. The predicted molar refractivity (Wildman–Crippen MR) is 89.8 cm³/mol. The van der Waals surface area contributed by atoms with Crippen molar-refractivity contribution in [2.24, 2.45) is 0 Å². The number of carbonyl (C=O) groups is 1. The van der Waals surface area contributed by atoms with E-state index in [9.17, 15) is 4.79 Å². The minimum Gasteiger partial charge on any atom is -0.399 e. The van der Waals surface area contributed by atoms with Crippen LogP contribution >= 0.6 is 0 Å². The summed E-state index contributed by atoms with van der Waals surface area (Å²) in [4.78, 5) is 12.2. The number of nitrogen functional groups attached to an aromatic ring is 1. The first-order valence-corrected chi connectivity index (χ1v) is 7.94. The molecule has 3 rings (SSSR count). The summed E-state index contributed by atoms with van der Waals surface area (Å²) < 4.78 is 0. The molecule has 3 heteroatoms. The van der Waals surface area contributed by atoms with Gasteiger partial charge in [0.05, 0.1) is 0 Å². The molecule has 0 heterocycles. The highest BCUT2D eigenvalue weighted by molar-refractivity contribution is 5.94. The molecule has 1 aliphatic rings. The lowest BCUT2D eigenvalue weighted by Crippen LogP contribution is -2.37. The van der Waals surface area contributed by atoms with E-state index in [0.29, 0.717) is 17.2 Å². The number of nitrogens with two attached hydrogens (primary N) is 1. The van der Waals surface area contributed by atoms with E-state index in [1.807, 2.05) is 0 Å². The van der Waals surface area contributed by atoms with Crippen LogP contribution in [0.25, 0.3) is 0 Å². The van der Waals surface area contributed by atoms with Crippen LogP contribution in [-0.4, -0.2) is 11.9 Å². The van der Waals surface area contributed by atoms with Crippen molar-refractivity contribution in [3.8, 4) is 0 Å². The van der Waals surface area contributed by atoms with Gasteiger partial charge in [-0.2, -0.15) is 0 Å². The molecule has 0 atom stereocenters. The van der Waals surface area contributed by atoms with E-state index in [2.05, 4.69) is 35.6 Å². The molecule has 1 saturated carbocycles. The second-order valence-corrected chi connectivity index (χ2v) is 6.05. The van der Waals surface area contributed by atoms with Gasteiger partial charge in [0.2, 0.25) is 0 Å². The molecular weight excluding hydrogens is 272 g/mol. The number of benzene rings is 2. The molecule has 0 unspecified atom stereocenters. The Hall–Kier alpha value is -2.29. The summed E-state index contributed by atoms with van der Waals surface area (Å²) in [6, 6.07) is 18.0. The lowest BCUT2D eigenvalue weighted by molar-refractivity contribution is 0.0926. The highest BCUT2D eigenvalue weighted by Gasteiger charge is 2.23. The van der Waals surface area contributed by atoms with Gasteiger partial charge in [-0.3, -0.25) is 4.79 Å². The lowest BCUT2D eigenvalue weighted by Gasteiger charge is -2.29. The topological polar surface area (TPSA) is 55.1 Å². The fourth-order valence-corrected chi connectivity index (χ4v) is 3.20. The molecule has 1 fully saturated rings. The minimum absolute atomic E-state index is 0.00293. The molecule has 3 N–H and O–H groups in total. The number of nitrogens with one attached hydrogen (secondary N) is 1. The Kier molecular flexibility index (Phi) is 4.42. The van der Waals surface area contributed by atoms with Crippen LogP contribution in [0.5, 0.6) is 0 Å². The fraction of sp³-hybridized carbons (Fsp3) is 0.316. The Morgan fingerprint density at radius 3 is 2.18 bits per heavy atom. The van der Waals surface area contributed by atoms with Gasteiger partial charge in [-0.25, -0.2) is 0 Å². The largest absolute Gasteiger partial charge is 0.399 e. The van der Waals surface area contributed by atoms with Gasteiger partial charge >= 0.3 is 0 Å². The lowest BCUT2D eigenvalue weighted by atomic mass is 9.82. The molecule has 0 radical (unpaired) electrons. The highest BCUT2D eigenvalue weighted by atomic mass is 16.1. The Morgan fingerprint density at radius 2 is 1.55 bits per heavy atom. The minimum atomic E-state index is 0.00293. The van der Waals surface area contributed by atoms with Gasteiger partial charge in [0.1, 0.15) is 0 Å². The number of amides is 1. The maximum Gasteiger partial charge on any atom is 0.251 e. The summed E-state index contributed by atoms with van der Waals surface area (Å²) in [5, 5.41) is 3.15. The van der Waals surface area contributed by atoms with Gasteiger partial charge in [0.25, 0.3) is 5.91 Å². The molecule has 1 amide bonds. The summed E-state index contributed by atoms with van der Waals surface area (Å²) in [6.45, 7) is 0. The molecule has 0 saturated heterocycles. The van der Waals surface area contributed by atoms with Crippen molar-refractivity contribution in [2.75, 3.05) is 5.73 Å². The standard InChI is InChI=1S/C19H22N2O/c20-17-10-6-16(7-11-17)19(22)21-18-12-8-15(9-13-18)14-4-2-1-3-5-14/h1-7,10-11,15,18H,8-9,12-13,20H2,(H,21,22). The summed E-state index contributed by atoms with van der Waals surface area (Å²) in [6.07, 6.45) is 4.36. The van der Waals surface area contributed by atoms with Crippen LogP contribution < -0.4 is 11.1 Å². The van der Waals surface area contributed by atoms with Crippen LogP contribution in [0.1, 0.15) is 47.5 Å². The molecule has 1 aliphatic carbocycles. The summed E-state index contributed by atoms with van der Waals surface area (Å²) in [5.74, 6) is 0.633. The van der Waals surface area contributed by atoms with Gasteiger partial charge in [0.15, 0.2) is 0 Å². The molecule has 0 aromatic heterocycles. The second kappa shape index (κ2) is 6.65. The third kappa shape index (κ3) is 3.48. The predicted octanol–water partition coefficient (Wildman–Crippen LogP) is 3.73. The Labute approximate surface area is 131 Å². The van der Waals surface area contributed by atoms with E-state index in [1.165, 1.54) is 5.56 Å². The molecule has 2 aromatic rings. The molecule has 114 valence electrons. The zero-order chi connectivity index (χ0) is 15.4. The molecule has 3 nitrogen and oxygen atoms in total. The van der Waals surface area contributed by atoms with Gasteiger partial charge < -0.3 is 11.1 Å². The first-order valence-electron chi connectivity index (χ1n) is 7.94. The van der Waals surface area contributed by atoms with Gasteiger partial charge in [-0.15, -0.1) is 0 Å². The number of anilines is 1. The maximum absolute atomic E-state index is 12.2. The Bertz CT molecular complexity index is 614. The highest BCUT2D eigenvalue weighted by Crippen LogP contribution is 2.32. The number of carbonyl (C=O) groups excluding carboxylic acids is 1. The third-order valence-electron chi connectivity index (χ3n) is 4.51. The monoisotopic (exact) mass is 294 g/mol. The first kappa shape index (κ1) is 14.6. The van der Waals surface area contributed by atoms with E-state index in [4.69, 9.17) is 5.73 Å². The normalized spacial score (nSPS) is 21.3. The SMILES string of the molecule is Nc1ccc(C(=O)NC2CCC(c3ccccc3)CC2)cc1. The van der Waals surface area contributed by atoms with Crippen molar-refractivity contribution < 1.29 is 4.79 Å². The third-order valence-corrected chi connectivity index (χ3v) is 4.51. The van der Waals surface area contributed by atoms with E-state index in [1.54, 1.807) is 24.3 Å². The van der Waals surface area contributed by atoms with Gasteiger partial charge in [-0.05, 0) is 61.4 Å². The van der Waals surface area contributed by atoms with Crippen LogP contribution in [0.15, 0.2) is 54.6 Å². The van der Waals surface area contributed by atoms with Crippen molar-refractivity contribution in [3.63, 3.8) is 0 Å². The van der Waals surface area contributed by atoms with Crippen LogP contribution in [-0.2, 0) is 0 Å². The average molecular weight is 294 g/mol. The molecule has 0 spiro atoms. The molecule has 22 heavy (non-hydrogen) atoms. The van der Waals surface area contributed by atoms with Gasteiger partial charge in [-0.1, -0.05) is 30.3 Å². The first-order chi connectivity index (χ1) is 10.7. The number of rotatable bonds is 3. The Balaban J connectivity index is 1.53. The van der Waals surface area contributed by atoms with E-state index in [-0.39, 0.29) is 11.9 Å². The van der Waals surface area contributed by atoms with E-state index >= 15 is 0 Å². The summed E-state index contributed by atoms with van der Waals surface area (Å²) >= 11 is 0. The van der Waals surface area contributed by atoms with Crippen molar-refractivity contribution in [1.82, 2.24) is 5.32 Å². The molecule has 0 aliphatic heterocycles. The molecule has 0 bridgehead atoms. The van der Waals surface area contributed by atoms with Crippen molar-refractivity contribution in [2.45, 2.75) is 37.6 Å². The summed E-state index contributed by atoms with van der Waals surface area (Å²) in [5.41, 5.74) is 8.43. The average Bonchev–Trinajstić information content (AvgIpc) is 2.57. The molecular formula is C19H22N2O. The number of hydrogen-bond donors (Lipinski definition) is 2. The van der Waals surface area contributed by atoms with Gasteiger partial charge in [0, 0.05) is 17.3 Å². The second-order valence-electron chi connectivity index (χ2n) is 6.05. The maximum atomic E-state index is 12.2. The molecule has 2 aromatic carbocycles. The summed E-state index contributed by atoms with van der Waals surface area (Å²) in [7, 11) is 0. The van der Waals surface area contributed by atoms with E-state index in [0.717, 1.165) is 25.7 Å². The van der Waals surface area contributed by atoms with Crippen LogP contribution in [0.4, 0.5) is 5.69 Å².